The fraction of sp³-hybridized carbons (Fsp3) is 0.333. The van der Waals surface area contributed by atoms with Gasteiger partial charge in [0.05, 0.1) is 11.7 Å². The SMILES string of the molecule is NC(=O)[C@@H]1CC=CC[C@H]1NC(=O)CSc1ccc(Cl)cc1. The summed E-state index contributed by atoms with van der Waals surface area (Å²) in [6.45, 7) is 0. The van der Waals surface area contributed by atoms with Crippen molar-refractivity contribution in [2.45, 2.75) is 23.8 Å². The molecule has 0 unspecified atom stereocenters. The minimum Gasteiger partial charge on any atom is -0.369 e. The third kappa shape index (κ3) is 4.79. The van der Waals surface area contributed by atoms with E-state index in [9.17, 15) is 9.59 Å². The molecule has 0 bridgehead atoms. The third-order valence-corrected chi connectivity index (χ3v) is 4.59. The van der Waals surface area contributed by atoms with E-state index < -0.39 is 0 Å². The van der Waals surface area contributed by atoms with Crippen LogP contribution in [0.2, 0.25) is 5.02 Å². The molecular weight excluding hydrogens is 308 g/mol. The highest BCUT2D eigenvalue weighted by Crippen LogP contribution is 2.21. The molecule has 0 radical (unpaired) electrons. The number of amides is 2. The summed E-state index contributed by atoms with van der Waals surface area (Å²) < 4.78 is 0. The molecule has 2 atom stereocenters. The zero-order valence-corrected chi connectivity index (χ0v) is 13.0. The smallest absolute Gasteiger partial charge is 0.230 e. The summed E-state index contributed by atoms with van der Waals surface area (Å²) in [5.74, 6) is -0.483. The van der Waals surface area contributed by atoms with Gasteiger partial charge in [0.25, 0.3) is 0 Å². The van der Waals surface area contributed by atoms with Crippen LogP contribution in [0.1, 0.15) is 12.8 Å². The van der Waals surface area contributed by atoms with Crippen LogP contribution < -0.4 is 11.1 Å². The number of thioether (sulfide) groups is 1. The summed E-state index contributed by atoms with van der Waals surface area (Å²) in [5, 5.41) is 3.56. The molecule has 4 nitrogen and oxygen atoms in total. The number of halogens is 1. The number of nitrogens with two attached hydrogens (primary N) is 1. The van der Waals surface area contributed by atoms with E-state index in [-0.39, 0.29) is 23.8 Å². The van der Waals surface area contributed by atoms with Gasteiger partial charge in [-0.2, -0.15) is 0 Å². The Kier molecular flexibility index (Phi) is 5.70. The van der Waals surface area contributed by atoms with Crippen molar-refractivity contribution in [1.29, 1.82) is 0 Å². The molecule has 0 aliphatic heterocycles. The molecule has 2 amide bonds. The first-order valence-electron chi connectivity index (χ1n) is 6.68. The van der Waals surface area contributed by atoms with Gasteiger partial charge in [0.1, 0.15) is 0 Å². The predicted molar refractivity (Wildman–Crippen MR) is 85.2 cm³/mol. The zero-order chi connectivity index (χ0) is 15.2. The van der Waals surface area contributed by atoms with Crippen LogP contribution in [0, 0.1) is 5.92 Å². The summed E-state index contributed by atoms with van der Waals surface area (Å²) >= 11 is 7.24. The first-order valence-corrected chi connectivity index (χ1v) is 8.04. The number of hydrogen-bond acceptors (Lipinski definition) is 3. The number of hydrogen-bond donors (Lipinski definition) is 2. The molecule has 1 aromatic rings. The topological polar surface area (TPSA) is 72.2 Å². The van der Waals surface area contributed by atoms with E-state index in [2.05, 4.69) is 5.32 Å². The minimum absolute atomic E-state index is 0.0958. The number of carbonyl (C=O) groups excluding carboxylic acids is 2. The van der Waals surface area contributed by atoms with Crippen molar-refractivity contribution < 1.29 is 9.59 Å². The molecule has 21 heavy (non-hydrogen) atoms. The lowest BCUT2D eigenvalue weighted by molar-refractivity contribution is -0.124. The summed E-state index contributed by atoms with van der Waals surface area (Å²) in [4.78, 5) is 24.3. The summed E-state index contributed by atoms with van der Waals surface area (Å²) in [6, 6.07) is 7.12. The normalized spacial score (nSPS) is 21.0. The molecule has 0 aromatic heterocycles. The van der Waals surface area contributed by atoms with E-state index in [1.807, 2.05) is 24.3 Å². The molecule has 0 saturated carbocycles. The maximum absolute atomic E-state index is 12.0. The van der Waals surface area contributed by atoms with Gasteiger partial charge in [-0.1, -0.05) is 23.8 Å². The molecule has 2 rings (SSSR count). The van der Waals surface area contributed by atoms with Crippen LogP contribution >= 0.6 is 23.4 Å². The number of nitrogens with one attached hydrogen (secondary N) is 1. The van der Waals surface area contributed by atoms with E-state index >= 15 is 0 Å². The van der Waals surface area contributed by atoms with E-state index in [0.29, 0.717) is 23.6 Å². The van der Waals surface area contributed by atoms with Gasteiger partial charge in [0.2, 0.25) is 11.8 Å². The third-order valence-electron chi connectivity index (χ3n) is 3.33. The minimum atomic E-state index is -0.366. The van der Waals surface area contributed by atoms with Crippen molar-refractivity contribution in [3.8, 4) is 0 Å². The maximum Gasteiger partial charge on any atom is 0.230 e. The van der Waals surface area contributed by atoms with Gasteiger partial charge in [-0.15, -0.1) is 11.8 Å². The van der Waals surface area contributed by atoms with Gasteiger partial charge >= 0.3 is 0 Å². The average Bonchev–Trinajstić information content (AvgIpc) is 2.47. The lowest BCUT2D eigenvalue weighted by Gasteiger charge is -2.26. The van der Waals surface area contributed by atoms with Crippen molar-refractivity contribution in [3.05, 3.63) is 41.4 Å². The zero-order valence-electron chi connectivity index (χ0n) is 11.4. The van der Waals surface area contributed by atoms with Crippen molar-refractivity contribution >= 4 is 35.2 Å². The van der Waals surface area contributed by atoms with Crippen LogP contribution in [0.5, 0.6) is 0 Å². The Balaban J connectivity index is 1.85. The van der Waals surface area contributed by atoms with Crippen LogP contribution in [0.25, 0.3) is 0 Å². The Morgan fingerprint density at radius 3 is 2.57 bits per heavy atom. The summed E-state index contributed by atoms with van der Waals surface area (Å²) in [5.41, 5.74) is 5.37. The van der Waals surface area contributed by atoms with Gasteiger partial charge in [-0.3, -0.25) is 9.59 Å². The fourth-order valence-electron chi connectivity index (χ4n) is 2.22. The monoisotopic (exact) mass is 324 g/mol. The highest BCUT2D eigenvalue weighted by atomic mass is 35.5. The quantitative estimate of drug-likeness (QED) is 0.645. The maximum atomic E-state index is 12.0. The lowest BCUT2D eigenvalue weighted by atomic mass is 9.88. The summed E-state index contributed by atoms with van der Waals surface area (Å²) in [6.07, 6.45) is 5.13. The Morgan fingerprint density at radius 1 is 1.24 bits per heavy atom. The number of rotatable bonds is 5. The molecule has 1 aromatic carbocycles. The fourth-order valence-corrected chi connectivity index (χ4v) is 3.05. The van der Waals surface area contributed by atoms with Crippen LogP contribution in [-0.2, 0) is 9.59 Å². The number of allylic oxidation sites excluding steroid dienone is 1. The molecule has 0 spiro atoms. The van der Waals surface area contributed by atoms with E-state index in [1.54, 1.807) is 12.1 Å². The standard InChI is InChI=1S/C15H17ClN2O2S/c16-10-5-7-11(8-6-10)21-9-14(19)18-13-4-2-1-3-12(13)15(17)20/h1-2,5-8,12-13H,3-4,9H2,(H2,17,20)(H,18,19)/t12-,13-/m1/s1. The second kappa shape index (κ2) is 7.52. The number of primary amides is 1. The number of carbonyl (C=O) groups is 2. The Hall–Kier alpha value is -1.46. The molecule has 0 heterocycles. The molecular formula is C15H17ClN2O2S. The van der Waals surface area contributed by atoms with Crippen molar-refractivity contribution in [2.75, 3.05) is 5.75 Å². The van der Waals surface area contributed by atoms with Gasteiger partial charge in [0, 0.05) is 16.0 Å². The molecule has 6 heteroatoms. The molecule has 0 fully saturated rings. The molecule has 1 aliphatic rings. The highest BCUT2D eigenvalue weighted by Gasteiger charge is 2.28. The van der Waals surface area contributed by atoms with Crippen molar-refractivity contribution in [3.63, 3.8) is 0 Å². The molecule has 0 saturated heterocycles. The summed E-state index contributed by atoms with van der Waals surface area (Å²) in [7, 11) is 0. The van der Waals surface area contributed by atoms with Gasteiger partial charge in [0.15, 0.2) is 0 Å². The van der Waals surface area contributed by atoms with Gasteiger partial charge < -0.3 is 11.1 Å². The Morgan fingerprint density at radius 2 is 1.90 bits per heavy atom. The molecule has 112 valence electrons. The second-order valence-electron chi connectivity index (χ2n) is 4.87. The van der Waals surface area contributed by atoms with E-state index in [4.69, 9.17) is 17.3 Å². The predicted octanol–water partition coefficient (Wildman–Crippen LogP) is 2.37. The first-order chi connectivity index (χ1) is 10.1. The molecule has 3 N–H and O–H groups in total. The van der Waals surface area contributed by atoms with Gasteiger partial charge in [-0.25, -0.2) is 0 Å². The van der Waals surface area contributed by atoms with Gasteiger partial charge in [-0.05, 0) is 37.1 Å². The van der Waals surface area contributed by atoms with Crippen LogP contribution in [0.3, 0.4) is 0 Å². The average molecular weight is 325 g/mol. The Bertz CT molecular complexity index is 545. The highest BCUT2D eigenvalue weighted by molar-refractivity contribution is 8.00. The van der Waals surface area contributed by atoms with Crippen molar-refractivity contribution in [1.82, 2.24) is 5.32 Å². The van der Waals surface area contributed by atoms with E-state index in [0.717, 1.165) is 4.90 Å². The largest absolute Gasteiger partial charge is 0.369 e. The molecule has 1 aliphatic carbocycles. The van der Waals surface area contributed by atoms with E-state index in [1.165, 1.54) is 11.8 Å². The van der Waals surface area contributed by atoms with Crippen LogP contribution in [-0.4, -0.2) is 23.6 Å². The Labute approximate surface area is 133 Å². The van der Waals surface area contributed by atoms with Crippen molar-refractivity contribution in [2.24, 2.45) is 11.7 Å². The van der Waals surface area contributed by atoms with Crippen LogP contribution in [0.4, 0.5) is 0 Å². The lowest BCUT2D eigenvalue weighted by Crippen LogP contribution is -2.46. The number of benzene rings is 1. The first kappa shape index (κ1) is 15.9. The van der Waals surface area contributed by atoms with Crippen LogP contribution in [0.15, 0.2) is 41.3 Å². The second-order valence-corrected chi connectivity index (χ2v) is 6.35.